The number of hydrogen-bond acceptors (Lipinski definition) is 6. The van der Waals surface area contributed by atoms with Crippen molar-refractivity contribution in [3.63, 3.8) is 0 Å². The number of nitrogens with one attached hydrogen (secondary N) is 2. The Morgan fingerprint density at radius 3 is 3.04 bits per heavy atom. The summed E-state index contributed by atoms with van der Waals surface area (Å²) in [6.45, 7) is 5.80. The third-order valence-electron chi connectivity index (χ3n) is 4.27. The Hall–Kier alpha value is -2.32. The molecule has 0 saturated carbocycles. The minimum Gasteiger partial charge on any atom is -0.333 e. The summed E-state index contributed by atoms with van der Waals surface area (Å²) in [5.41, 5.74) is 1.71. The van der Waals surface area contributed by atoms with Crippen molar-refractivity contribution < 1.29 is 9.59 Å². The number of rotatable bonds is 5. The van der Waals surface area contributed by atoms with Crippen LogP contribution in [0.2, 0.25) is 0 Å². The molecular formula is C18H23N5O2S. The number of aromatic nitrogens is 2. The van der Waals surface area contributed by atoms with Gasteiger partial charge < -0.3 is 15.5 Å². The number of piperazine rings is 1. The number of thiazole rings is 1. The quantitative estimate of drug-likeness (QED) is 0.835. The highest BCUT2D eigenvalue weighted by Gasteiger charge is 2.28. The predicted octanol–water partition coefficient (Wildman–Crippen LogP) is 1.85. The van der Waals surface area contributed by atoms with Gasteiger partial charge in [-0.2, -0.15) is 0 Å². The van der Waals surface area contributed by atoms with Gasteiger partial charge in [-0.1, -0.05) is 19.9 Å². The third-order valence-corrected chi connectivity index (χ3v) is 5.08. The first-order valence-corrected chi connectivity index (χ1v) is 9.58. The van der Waals surface area contributed by atoms with E-state index in [-0.39, 0.29) is 30.2 Å². The molecule has 2 amide bonds. The molecule has 0 aliphatic carbocycles. The zero-order valence-electron chi connectivity index (χ0n) is 14.9. The van der Waals surface area contributed by atoms with Crippen LogP contribution in [-0.2, 0) is 16.0 Å². The molecule has 2 N–H and O–H groups in total. The van der Waals surface area contributed by atoms with Crippen LogP contribution >= 0.6 is 11.3 Å². The Labute approximate surface area is 156 Å². The van der Waals surface area contributed by atoms with E-state index >= 15 is 0 Å². The van der Waals surface area contributed by atoms with Gasteiger partial charge in [-0.3, -0.25) is 14.6 Å². The van der Waals surface area contributed by atoms with E-state index in [1.165, 1.54) is 11.3 Å². The number of hydrogen-bond donors (Lipinski definition) is 2. The molecule has 8 heteroatoms. The molecule has 138 valence electrons. The summed E-state index contributed by atoms with van der Waals surface area (Å²) in [6.07, 6.45) is 3.76. The molecule has 26 heavy (non-hydrogen) atoms. The smallest absolute Gasteiger partial charge is 0.229 e. The molecule has 0 aromatic carbocycles. The fraction of sp³-hybridized carbons (Fsp3) is 0.444. The summed E-state index contributed by atoms with van der Waals surface area (Å²) in [6, 6.07) is 3.85. The fourth-order valence-electron chi connectivity index (χ4n) is 2.83. The Morgan fingerprint density at radius 1 is 1.46 bits per heavy atom. The van der Waals surface area contributed by atoms with Crippen LogP contribution in [0.25, 0.3) is 0 Å². The van der Waals surface area contributed by atoms with E-state index in [4.69, 9.17) is 0 Å². The molecule has 0 bridgehead atoms. The third kappa shape index (κ3) is 4.44. The second-order valence-electron chi connectivity index (χ2n) is 6.56. The zero-order chi connectivity index (χ0) is 18.5. The maximum absolute atomic E-state index is 12.8. The van der Waals surface area contributed by atoms with Crippen molar-refractivity contribution in [1.82, 2.24) is 20.2 Å². The van der Waals surface area contributed by atoms with Crippen LogP contribution in [0.1, 0.15) is 31.1 Å². The van der Waals surface area contributed by atoms with Gasteiger partial charge in [0, 0.05) is 43.3 Å². The van der Waals surface area contributed by atoms with Gasteiger partial charge in [0.2, 0.25) is 11.8 Å². The van der Waals surface area contributed by atoms with Gasteiger partial charge >= 0.3 is 0 Å². The van der Waals surface area contributed by atoms with Gasteiger partial charge in [-0.25, -0.2) is 4.98 Å². The van der Waals surface area contributed by atoms with E-state index in [1.807, 2.05) is 36.3 Å². The number of anilines is 1. The zero-order valence-corrected chi connectivity index (χ0v) is 15.8. The van der Waals surface area contributed by atoms with E-state index in [0.717, 1.165) is 12.1 Å². The average molecular weight is 373 g/mol. The normalized spacial score (nSPS) is 17.3. The first-order valence-electron chi connectivity index (χ1n) is 8.70. The molecule has 0 radical (unpaired) electrons. The van der Waals surface area contributed by atoms with Crippen LogP contribution < -0.4 is 10.6 Å². The van der Waals surface area contributed by atoms with Crippen molar-refractivity contribution in [3.8, 4) is 0 Å². The van der Waals surface area contributed by atoms with Crippen LogP contribution in [0.5, 0.6) is 0 Å². The van der Waals surface area contributed by atoms with Crippen molar-refractivity contribution >= 4 is 28.3 Å². The summed E-state index contributed by atoms with van der Waals surface area (Å²) >= 11 is 1.34. The van der Waals surface area contributed by atoms with Gasteiger partial charge in [0.1, 0.15) is 0 Å². The molecule has 2 aromatic rings. The lowest BCUT2D eigenvalue weighted by Crippen LogP contribution is -2.49. The highest BCUT2D eigenvalue weighted by molar-refractivity contribution is 7.13. The fourth-order valence-corrected chi connectivity index (χ4v) is 3.54. The molecule has 3 heterocycles. The number of pyridine rings is 1. The second kappa shape index (κ2) is 8.37. The summed E-state index contributed by atoms with van der Waals surface area (Å²) in [5, 5.41) is 8.48. The molecule has 1 fully saturated rings. The molecular weight excluding hydrogens is 350 g/mol. The Balaban J connectivity index is 1.67. The molecule has 1 aliphatic heterocycles. The Kier molecular flexibility index (Phi) is 5.95. The summed E-state index contributed by atoms with van der Waals surface area (Å²) < 4.78 is 0. The van der Waals surface area contributed by atoms with Crippen LogP contribution in [0.4, 0.5) is 5.13 Å². The topological polar surface area (TPSA) is 87.2 Å². The summed E-state index contributed by atoms with van der Waals surface area (Å²) in [5.74, 6) is -0.145. The second-order valence-corrected chi connectivity index (χ2v) is 7.42. The lowest BCUT2D eigenvalue weighted by Gasteiger charge is -2.36. The van der Waals surface area contributed by atoms with Crippen LogP contribution in [0, 0.1) is 5.92 Å². The van der Waals surface area contributed by atoms with Gasteiger partial charge in [0.05, 0.1) is 18.2 Å². The van der Waals surface area contributed by atoms with Gasteiger partial charge in [-0.15, -0.1) is 11.3 Å². The van der Waals surface area contributed by atoms with E-state index in [0.29, 0.717) is 23.9 Å². The number of carbonyl (C=O) groups excluding carboxylic acids is 2. The van der Waals surface area contributed by atoms with E-state index in [2.05, 4.69) is 20.6 Å². The molecule has 3 rings (SSSR count). The maximum atomic E-state index is 12.8. The van der Waals surface area contributed by atoms with Gasteiger partial charge in [0.15, 0.2) is 5.13 Å². The van der Waals surface area contributed by atoms with Crippen LogP contribution in [0.15, 0.2) is 29.9 Å². The summed E-state index contributed by atoms with van der Waals surface area (Å²) in [7, 11) is 0. The maximum Gasteiger partial charge on any atom is 0.229 e. The highest BCUT2D eigenvalue weighted by Crippen LogP contribution is 2.23. The van der Waals surface area contributed by atoms with Crippen molar-refractivity contribution in [2.45, 2.75) is 26.3 Å². The highest BCUT2D eigenvalue weighted by atomic mass is 32.1. The van der Waals surface area contributed by atoms with E-state index < -0.39 is 0 Å². The molecule has 2 aromatic heterocycles. The Bertz CT molecular complexity index is 762. The lowest BCUT2D eigenvalue weighted by atomic mass is 10.0. The Morgan fingerprint density at radius 2 is 2.31 bits per heavy atom. The largest absolute Gasteiger partial charge is 0.333 e. The summed E-state index contributed by atoms with van der Waals surface area (Å²) in [4.78, 5) is 35.0. The molecule has 1 aliphatic rings. The monoisotopic (exact) mass is 373 g/mol. The average Bonchev–Trinajstić information content (AvgIpc) is 3.09. The number of nitrogens with zero attached hydrogens (tertiary/aromatic N) is 3. The molecule has 1 unspecified atom stereocenters. The van der Waals surface area contributed by atoms with Crippen LogP contribution in [0.3, 0.4) is 0 Å². The first-order chi connectivity index (χ1) is 12.5. The van der Waals surface area contributed by atoms with Crippen molar-refractivity contribution in [3.05, 3.63) is 41.2 Å². The standard InChI is InChI=1S/C18H23N5O2S/c1-12(2)17(25)22-18-21-14(11-26-18)8-16(24)23-7-6-20-10-15(23)13-4-3-5-19-9-13/h3-5,9,11-12,15,20H,6-8,10H2,1-2H3,(H,21,22,25). The number of carbonyl (C=O) groups is 2. The molecule has 1 atom stereocenters. The van der Waals surface area contributed by atoms with Crippen molar-refractivity contribution in [2.24, 2.45) is 5.92 Å². The minimum absolute atomic E-state index is 0.0244. The predicted molar refractivity (Wildman–Crippen MR) is 101 cm³/mol. The van der Waals surface area contributed by atoms with Gasteiger partial charge in [0.25, 0.3) is 0 Å². The van der Waals surface area contributed by atoms with E-state index in [9.17, 15) is 9.59 Å². The van der Waals surface area contributed by atoms with Crippen molar-refractivity contribution in [1.29, 1.82) is 0 Å². The number of amides is 2. The van der Waals surface area contributed by atoms with Crippen molar-refractivity contribution in [2.75, 3.05) is 25.0 Å². The van der Waals surface area contributed by atoms with Crippen LogP contribution in [-0.4, -0.2) is 46.3 Å². The lowest BCUT2D eigenvalue weighted by molar-refractivity contribution is -0.133. The molecule has 0 spiro atoms. The van der Waals surface area contributed by atoms with Gasteiger partial charge in [-0.05, 0) is 11.6 Å². The first kappa shape index (κ1) is 18.5. The van der Waals surface area contributed by atoms with E-state index in [1.54, 1.807) is 12.4 Å². The SMILES string of the molecule is CC(C)C(=O)Nc1nc(CC(=O)N2CCNCC2c2cccnc2)cs1. The molecule has 1 saturated heterocycles. The molecule has 7 nitrogen and oxygen atoms in total. The minimum atomic E-state index is -0.106.